The number of amidine groups is 1. The van der Waals surface area contributed by atoms with Crippen LogP contribution in [0.3, 0.4) is 0 Å². The van der Waals surface area contributed by atoms with Crippen molar-refractivity contribution in [2.24, 2.45) is 4.40 Å². The van der Waals surface area contributed by atoms with Crippen molar-refractivity contribution in [2.45, 2.75) is 26.1 Å². The number of morpholine rings is 1. The van der Waals surface area contributed by atoms with Gasteiger partial charge in [-0.2, -0.15) is 0 Å². The summed E-state index contributed by atoms with van der Waals surface area (Å²) in [7, 11) is -3.46. The van der Waals surface area contributed by atoms with Gasteiger partial charge in [0, 0.05) is 25.8 Å². The molecule has 0 aliphatic carbocycles. The zero-order valence-electron chi connectivity index (χ0n) is 17.3. The maximum atomic E-state index is 13.1. The molecule has 1 aromatic carbocycles. The molecule has 164 valence electrons. The standard InChI is InChI=1S/C21H24N4O5S/c1-14-11-25(12-15(2)30-14)21(27)17-5-3-4-6-18(17)22-20(26)16-7-8-19-23-31(28,29)10-9-24(19)13-16/h3-8,13-15H,9-12H2,1-2H3,(H,22,26). The van der Waals surface area contributed by atoms with Gasteiger partial charge in [-0.3, -0.25) is 9.59 Å². The Morgan fingerprint density at radius 2 is 1.84 bits per heavy atom. The molecule has 9 nitrogen and oxygen atoms in total. The van der Waals surface area contributed by atoms with E-state index in [1.807, 2.05) is 13.8 Å². The second-order valence-electron chi connectivity index (χ2n) is 7.81. The number of amides is 2. The lowest BCUT2D eigenvalue weighted by molar-refractivity contribution is -0.112. The number of hydrogen-bond donors (Lipinski definition) is 1. The molecule has 3 aliphatic rings. The third kappa shape index (κ3) is 4.70. The number of rotatable bonds is 3. The van der Waals surface area contributed by atoms with Crippen LogP contribution in [0, 0.1) is 0 Å². The molecule has 0 bridgehead atoms. The van der Waals surface area contributed by atoms with Crippen molar-refractivity contribution in [1.82, 2.24) is 9.80 Å². The van der Waals surface area contributed by atoms with Gasteiger partial charge in [0.1, 0.15) is 5.84 Å². The number of fused-ring (bicyclic) bond motifs is 1. The number of benzene rings is 1. The summed E-state index contributed by atoms with van der Waals surface area (Å²) in [4.78, 5) is 29.4. The Kier molecular flexibility index (Phi) is 5.67. The van der Waals surface area contributed by atoms with E-state index in [0.717, 1.165) is 0 Å². The van der Waals surface area contributed by atoms with Gasteiger partial charge < -0.3 is 19.9 Å². The SMILES string of the molecule is CC1CN(C(=O)c2ccccc2NC(=O)C2=CN3CCS(=O)(=O)N=C3C=C2)CC(C)O1. The molecule has 31 heavy (non-hydrogen) atoms. The van der Waals surface area contributed by atoms with Gasteiger partial charge in [0.05, 0.1) is 34.8 Å². The van der Waals surface area contributed by atoms with Crippen molar-refractivity contribution in [2.75, 3.05) is 30.7 Å². The Labute approximate surface area is 181 Å². The molecule has 3 aliphatic heterocycles. The zero-order valence-corrected chi connectivity index (χ0v) is 18.1. The number of para-hydroxylation sites is 1. The summed E-state index contributed by atoms with van der Waals surface area (Å²) in [5.74, 6) is -0.382. The number of carbonyl (C=O) groups is 2. The van der Waals surface area contributed by atoms with Gasteiger partial charge in [0.2, 0.25) is 0 Å². The first-order valence-corrected chi connectivity index (χ1v) is 11.7. The van der Waals surface area contributed by atoms with Crippen molar-refractivity contribution in [3.05, 3.63) is 53.8 Å². The molecular formula is C21H24N4O5S. The van der Waals surface area contributed by atoms with Crippen LogP contribution in [0.5, 0.6) is 0 Å². The van der Waals surface area contributed by atoms with E-state index in [-0.39, 0.29) is 36.2 Å². The molecule has 1 aromatic rings. The van der Waals surface area contributed by atoms with Crippen molar-refractivity contribution in [1.29, 1.82) is 0 Å². The quantitative estimate of drug-likeness (QED) is 0.754. The molecule has 0 radical (unpaired) electrons. The van der Waals surface area contributed by atoms with E-state index < -0.39 is 15.9 Å². The number of nitrogens with one attached hydrogen (secondary N) is 1. The first-order valence-electron chi connectivity index (χ1n) is 10.1. The lowest BCUT2D eigenvalue weighted by Gasteiger charge is -2.35. The van der Waals surface area contributed by atoms with Crippen LogP contribution < -0.4 is 5.32 Å². The van der Waals surface area contributed by atoms with Crippen LogP contribution in [0.15, 0.2) is 52.6 Å². The number of anilines is 1. The third-order valence-corrected chi connectivity index (χ3v) is 6.36. The molecule has 0 saturated carbocycles. The second-order valence-corrected chi connectivity index (χ2v) is 9.57. The van der Waals surface area contributed by atoms with Crippen molar-refractivity contribution >= 4 is 33.4 Å². The van der Waals surface area contributed by atoms with Gasteiger partial charge in [-0.05, 0) is 38.1 Å². The van der Waals surface area contributed by atoms with Crippen LogP contribution >= 0.6 is 0 Å². The lowest BCUT2D eigenvalue weighted by atomic mass is 10.1. The molecule has 3 heterocycles. The fraction of sp³-hybridized carbons (Fsp3) is 0.381. The minimum absolute atomic E-state index is 0.0591. The molecule has 1 fully saturated rings. The van der Waals surface area contributed by atoms with Crippen molar-refractivity contribution < 1.29 is 22.7 Å². The Hall–Kier alpha value is -2.98. The Morgan fingerprint density at radius 3 is 2.58 bits per heavy atom. The Balaban J connectivity index is 1.52. The van der Waals surface area contributed by atoms with E-state index in [1.165, 1.54) is 12.2 Å². The summed E-state index contributed by atoms with van der Waals surface area (Å²) in [6, 6.07) is 6.88. The molecular weight excluding hydrogens is 420 g/mol. The van der Waals surface area contributed by atoms with E-state index in [0.29, 0.717) is 29.9 Å². The molecule has 0 spiro atoms. The molecule has 1 saturated heterocycles. The molecule has 0 aromatic heterocycles. The average molecular weight is 445 g/mol. The smallest absolute Gasteiger partial charge is 0.257 e. The number of carbonyl (C=O) groups excluding carboxylic acids is 2. The minimum atomic E-state index is -3.46. The summed E-state index contributed by atoms with van der Waals surface area (Å²) in [6.45, 7) is 5.05. The van der Waals surface area contributed by atoms with Crippen LogP contribution in [-0.4, -0.2) is 73.5 Å². The maximum Gasteiger partial charge on any atom is 0.257 e. The summed E-state index contributed by atoms with van der Waals surface area (Å²) in [6.07, 6.45) is 4.46. The topological polar surface area (TPSA) is 108 Å². The van der Waals surface area contributed by atoms with Gasteiger partial charge in [-0.1, -0.05) is 12.1 Å². The number of nitrogens with zero attached hydrogens (tertiary/aromatic N) is 3. The van der Waals surface area contributed by atoms with Gasteiger partial charge >= 0.3 is 0 Å². The third-order valence-electron chi connectivity index (χ3n) is 5.20. The monoisotopic (exact) mass is 444 g/mol. The van der Waals surface area contributed by atoms with Crippen LogP contribution in [0.4, 0.5) is 5.69 Å². The lowest BCUT2D eigenvalue weighted by Crippen LogP contribution is -2.48. The van der Waals surface area contributed by atoms with E-state index in [4.69, 9.17) is 4.74 Å². The highest BCUT2D eigenvalue weighted by Crippen LogP contribution is 2.22. The van der Waals surface area contributed by atoms with E-state index in [1.54, 1.807) is 40.3 Å². The fourth-order valence-electron chi connectivity index (χ4n) is 3.82. The van der Waals surface area contributed by atoms with E-state index in [9.17, 15) is 18.0 Å². The molecule has 1 N–H and O–H groups in total. The zero-order chi connectivity index (χ0) is 22.2. The highest BCUT2D eigenvalue weighted by Gasteiger charge is 2.29. The minimum Gasteiger partial charge on any atom is -0.372 e. The molecule has 2 unspecified atom stereocenters. The second kappa shape index (κ2) is 8.27. The molecule has 2 amide bonds. The molecule has 10 heteroatoms. The van der Waals surface area contributed by atoms with Gasteiger partial charge in [0.15, 0.2) is 0 Å². The molecule has 2 atom stereocenters. The first-order chi connectivity index (χ1) is 14.7. The summed E-state index contributed by atoms with van der Waals surface area (Å²) >= 11 is 0. The van der Waals surface area contributed by atoms with Gasteiger partial charge in [0.25, 0.3) is 21.8 Å². The van der Waals surface area contributed by atoms with Gasteiger partial charge in [-0.15, -0.1) is 4.40 Å². The maximum absolute atomic E-state index is 13.1. The van der Waals surface area contributed by atoms with Crippen LogP contribution in [0.1, 0.15) is 24.2 Å². The first kappa shape index (κ1) is 21.3. The predicted molar refractivity (Wildman–Crippen MR) is 116 cm³/mol. The van der Waals surface area contributed by atoms with Crippen LogP contribution in [-0.2, 0) is 19.6 Å². The van der Waals surface area contributed by atoms with Gasteiger partial charge in [-0.25, -0.2) is 8.42 Å². The number of sulfonamides is 1. The highest BCUT2D eigenvalue weighted by molar-refractivity contribution is 7.90. The average Bonchev–Trinajstić information content (AvgIpc) is 2.72. The summed E-state index contributed by atoms with van der Waals surface area (Å²) in [5.41, 5.74) is 1.16. The van der Waals surface area contributed by atoms with Crippen molar-refractivity contribution in [3.63, 3.8) is 0 Å². The van der Waals surface area contributed by atoms with Crippen molar-refractivity contribution in [3.8, 4) is 0 Å². The van der Waals surface area contributed by atoms with Crippen LogP contribution in [0.2, 0.25) is 0 Å². The molecule has 4 rings (SSSR count). The highest BCUT2D eigenvalue weighted by atomic mass is 32.2. The van der Waals surface area contributed by atoms with E-state index in [2.05, 4.69) is 9.71 Å². The van der Waals surface area contributed by atoms with Crippen LogP contribution in [0.25, 0.3) is 0 Å². The van der Waals surface area contributed by atoms with E-state index >= 15 is 0 Å². The predicted octanol–water partition coefficient (Wildman–Crippen LogP) is 1.37. The largest absolute Gasteiger partial charge is 0.372 e. The Bertz CT molecular complexity index is 1100. The normalized spacial score (nSPS) is 24.7. The summed E-state index contributed by atoms with van der Waals surface area (Å²) in [5, 5.41) is 2.81. The summed E-state index contributed by atoms with van der Waals surface area (Å²) < 4.78 is 32.7. The fourth-order valence-corrected chi connectivity index (χ4v) is 4.79. The Morgan fingerprint density at radius 1 is 1.13 bits per heavy atom. The number of ether oxygens (including phenoxy) is 1. The number of hydrogen-bond acceptors (Lipinski definition) is 6.